The third-order valence-corrected chi connectivity index (χ3v) is 5.78. The maximum Gasteiger partial charge on any atom is 0.272 e. The van der Waals surface area contributed by atoms with E-state index in [0.717, 1.165) is 4.31 Å². The molecule has 0 spiro atoms. The number of nitrogens with zero attached hydrogens (tertiary/aromatic N) is 1. The van der Waals surface area contributed by atoms with Gasteiger partial charge in [-0.25, -0.2) is 8.42 Å². The Morgan fingerprint density at radius 2 is 1.29 bits per heavy atom. The van der Waals surface area contributed by atoms with Crippen molar-refractivity contribution in [2.45, 2.75) is 4.90 Å². The second kappa shape index (κ2) is 8.14. The van der Waals surface area contributed by atoms with Crippen molar-refractivity contribution in [2.24, 2.45) is 0 Å². The minimum atomic E-state index is -4.14. The number of rotatable bonds is 6. The van der Waals surface area contributed by atoms with Gasteiger partial charge in [-0.3, -0.25) is 4.79 Å². The monoisotopic (exact) mass is 397 g/mol. The maximum atomic E-state index is 13.3. The molecule has 3 rings (SSSR count). The minimum absolute atomic E-state index is 0.0158. The van der Waals surface area contributed by atoms with Crippen LogP contribution in [0, 0.1) is 0 Å². The third kappa shape index (κ3) is 3.84. The van der Waals surface area contributed by atoms with E-state index in [1.165, 1.54) is 38.5 Å². The predicted molar refractivity (Wildman–Crippen MR) is 106 cm³/mol. The second-order valence-electron chi connectivity index (χ2n) is 5.82. The Bertz CT molecular complexity index is 1040. The molecule has 0 aliphatic rings. The zero-order valence-corrected chi connectivity index (χ0v) is 16.2. The fourth-order valence-corrected chi connectivity index (χ4v) is 4.11. The number of carbonyl (C=O) groups excluding carboxylic acids is 1. The van der Waals surface area contributed by atoms with Gasteiger partial charge in [-0.15, -0.1) is 0 Å². The first-order valence-electron chi connectivity index (χ1n) is 8.40. The molecule has 0 aliphatic heterocycles. The van der Waals surface area contributed by atoms with Crippen LogP contribution in [0.3, 0.4) is 0 Å². The molecule has 3 aromatic rings. The highest BCUT2D eigenvalue weighted by Gasteiger charge is 2.32. The third-order valence-electron chi connectivity index (χ3n) is 4.05. The summed E-state index contributed by atoms with van der Waals surface area (Å²) in [5, 5.41) is 0. The Morgan fingerprint density at radius 1 is 0.786 bits per heavy atom. The average molecular weight is 397 g/mol. The number of ether oxygens (including phenoxy) is 2. The quantitative estimate of drug-likeness (QED) is 0.634. The normalized spacial score (nSPS) is 10.9. The van der Waals surface area contributed by atoms with Crippen molar-refractivity contribution in [2.75, 3.05) is 18.5 Å². The van der Waals surface area contributed by atoms with Gasteiger partial charge in [-0.1, -0.05) is 36.4 Å². The molecule has 0 heterocycles. The van der Waals surface area contributed by atoms with Gasteiger partial charge in [0, 0.05) is 11.6 Å². The molecule has 0 radical (unpaired) electrons. The van der Waals surface area contributed by atoms with Gasteiger partial charge in [-0.2, -0.15) is 4.31 Å². The van der Waals surface area contributed by atoms with Crippen LogP contribution >= 0.6 is 0 Å². The topological polar surface area (TPSA) is 72.9 Å². The van der Waals surface area contributed by atoms with Crippen molar-refractivity contribution in [3.63, 3.8) is 0 Å². The largest absolute Gasteiger partial charge is 0.497 e. The number of amides is 1. The van der Waals surface area contributed by atoms with E-state index in [1.807, 2.05) is 0 Å². The maximum absolute atomic E-state index is 13.3. The van der Waals surface area contributed by atoms with Gasteiger partial charge in [0.25, 0.3) is 15.9 Å². The van der Waals surface area contributed by atoms with E-state index < -0.39 is 15.9 Å². The summed E-state index contributed by atoms with van der Waals surface area (Å²) in [5.74, 6) is 0.0490. The number of benzene rings is 3. The molecule has 0 saturated heterocycles. The van der Waals surface area contributed by atoms with E-state index in [0.29, 0.717) is 11.5 Å². The molecule has 144 valence electrons. The molecule has 0 N–H and O–H groups in total. The molecule has 0 aromatic heterocycles. The Kier molecular flexibility index (Phi) is 5.65. The van der Waals surface area contributed by atoms with Crippen LogP contribution in [-0.4, -0.2) is 28.5 Å². The summed E-state index contributed by atoms with van der Waals surface area (Å²) in [6.07, 6.45) is 0. The summed E-state index contributed by atoms with van der Waals surface area (Å²) in [7, 11) is -1.22. The molecular weight excluding hydrogens is 378 g/mol. The molecule has 6 nitrogen and oxygen atoms in total. The van der Waals surface area contributed by atoms with E-state index in [-0.39, 0.29) is 16.1 Å². The van der Waals surface area contributed by atoms with Crippen molar-refractivity contribution in [3.05, 3.63) is 84.4 Å². The van der Waals surface area contributed by atoms with Crippen LogP contribution in [0.1, 0.15) is 10.4 Å². The fraction of sp³-hybridized carbons (Fsp3) is 0.0952. The van der Waals surface area contributed by atoms with Gasteiger partial charge < -0.3 is 9.47 Å². The number of para-hydroxylation sites is 1. The van der Waals surface area contributed by atoms with Gasteiger partial charge in [0.05, 0.1) is 24.8 Å². The standard InChI is InChI=1S/C21H19NO5S/c1-26-18-13-16(14-19(15-18)27-2)21(23)22(17-9-5-3-6-10-17)28(24,25)20-11-7-4-8-12-20/h3-15H,1-2H3. The number of methoxy groups -OCH3 is 2. The smallest absolute Gasteiger partial charge is 0.272 e. The van der Waals surface area contributed by atoms with E-state index in [4.69, 9.17) is 9.47 Å². The summed E-state index contributed by atoms with van der Waals surface area (Å²) in [4.78, 5) is 13.4. The summed E-state index contributed by atoms with van der Waals surface area (Å²) in [5.41, 5.74) is 0.359. The van der Waals surface area contributed by atoms with Gasteiger partial charge in [0.1, 0.15) is 11.5 Å². The van der Waals surface area contributed by atoms with Crippen LogP contribution in [0.25, 0.3) is 0 Å². The average Bonchev–Trinajstić information content (AvgIpc) is 2.74. The first-order valence-corrected chi connectivity index (χ1v) is 9.84. The number of hydrogen-bond donors (Lipinski definition) is 0. The Labute approximate surface area is 164 Å². The van der Waals surface area contributed by atoms with Crippen LogP contribution < -0.4 is 13.8 Å². The summed E-state index contributed by atoms with van der Waals surface area (Å²) < 4.78 is 37.8. The van der Waals surface area contributed by atoms with Crippen LogP contribution in [0.5, 0.6) is 11.5 Å². The summed E-state index contributed by atoms with van der Waals surface area (Å²) in [6.45, 7) is 0. The van der Waals surface area contributed by atoms with Crippen molar-refractivity contribution < 1.29 is 22.7 Å². The molecule has 0 aliphatic carbocycles. The van der Waals surface area contributed by atoms with Crippen LogP contribution in [0.15, 0.2) is 83.8 Å². The highest BCUT2D eigenvalue weighted by atomic mass is 32.2. The SMILES string of the molecule is COc1cc(OC)cc(C(=O)N(c2ccccc2)S(=O)(=O)c2ccccc2)c1. The predicted octanol–water partition coefficient (Wildman–Crippen LogP) is 3.74. The molecule has 0 atom stereocenters. The molecule has 3 aromatic carbocycles. The van der Waals surface area contributed by atoms with Gasteiger partial charge in [-0.05, 0) is 36.4 Å². The molecule has 0 fully saturated rings. The molecule has 7 heteroatoms. The van der Waals surface area contributed by atoms with Gasteiger partial charge in [0.15, 0.2) is 0 Å². The molecule has 0 saturated carbocycles. The first kappa shape index (κ1) is 19.4. The lowest BCUT2D eigenvalue weighted by molar-refractivity contribution is 0.100. The Balaban J connectivity index is 2.17. The summed E-state index contributed by atoms with van der Waals surface area (Å²) >= 11 is 0. The van der Waals surface area contributed by atoms with Crippen molar-refractivity contribution in [1.29, 1.82) is 0 Å². The van der Waals surface area contributed by atoms with Crippen LogP contribution in [0.2, 0.25) is 0 Å². The molecule has 28 heavy (non-hydrogen) atoms. The van der Waals surface area contributed by atoms with E-state index in [2.05, 4.69) is 0 Å². The highest BCUT2D eigenvalue weighted by molar-refractivity contribution is 7.93. The molecule has 0 bridgehead atoms. The van der Waals surface area contributed by atoms with Crippen LogP contribution in [-0.2, 0) is 10.0 Å². The number of anilines is 1. The van der Waals surface area contributed by atoms with Crippen molar-refractivity contribution in [1.82, 2.24) is 0 Å². The van der Waals surface area contributed by atoms with E-state index in [1.54, 1.807) is 54.6 Å². The molecule has 1 amide bonds. The minimum Gasteiger partial charge on any atom is -0.497 e. The lowest BCUT2D eigenvalue weighted by Gasteiger charge is -2.23. The zero-order valence-electron chi connectivity index (χ0n) is 15.4. The highest BCUT2D eigenvalue weighted by Crippen LogP contribution is 2.29. The van der Waals surface area contributed by atoms with Crippen molar-refractivity contribution >= 4 is 21.6 Å². The first-order chi connectivity index (χ1) is 13.5. The lowest BCUT2D eigenvalue weighted by Crippen LogP contribution is -2.37. The Morgan fingerprint density at radius 3 is 1.79 bits per heavy atom. The number of sulfonamides is 1. The second-order valence-corrected chi connectivity index (χ2v) is 7.61. The zero-order chi connectivity index (χ0) is 20.1. The number of hydrogen-bond acceptors (Lipinski definition) is 5. The van der Waals surface area contributed by atoms with E-state index in [9.17, 15) is 13.2 Å². The van der Waals surface area contributed by atoms with E-state index >= 15 is 0 Å². The van der Waals surface area contributed by atoms with Crippen LogP contribution in [0.4, 0.5) is 5.69 Å². The molecule has 0 unspecified atom stereocenters. The molecular formula is C21H19NO5S. The lowest BCUT2D eigenvalue weighted by atomic mass is 10.2. The van der Waals surface area contributed by atoms with Gasteiger partial charge >= 0.3 is 0 Å². The van der Waals surface area contributed by atoms with Crippen molar-refractivity contribution in [3.8, 4) is 11.5 Å². The fourth-order valence-electron chi connectivity index (χ4n) is 2.67. The van der Waals surface area contributed by atoms with Gasteiger partial charge in [0.2, 0.25) is 0 Å². The number of carbonyl (C=O) groups is 1. The Hall–Kier alpha value is -3.32. The summed E-state index contributed by atoms with van der Waals surface area (Å²) in [6, 6.07) is 20.6.